The fraction of sp³-hybridized carbons (Fsp3) is 0.0476. The number of hydrogen-bond acceptors (Lipinski definition) is 4. The minimum absolute atomic E-state index is 0.129. The number of ketones is 1. The molecule has 2 aromatic heterocycles. The Morgan fingerprint density at radius 1 is 1.07 bits per heavy atom. The average molecular weight is 378 g/mol. The molecule has 6 heteroatoms. The maximum atomic E-state index is 14.3. The Hall–Kier alpha value is -3.25. The molecular formula is C21H15FN2O2S. The van der Waals surface area contributed by atoms with Crippen molar-refractivity contribution in [2.45, 2.75) is 6.92 Å². The van der Waals surface area contributed by atoms with Crippen LogP contribution in [0, 0.1) is 12.7 Å². The molecule has 0 atom stereocenters. The van der Waals surface area contributed by atoms with E-state index >= 15 is 0 Å². The molecule has 4 aromatic rings. The Labute approximate surface area is 158 Å². The molecule has 0 spiro atoms. The first-order valence-corrected chi connectivity index (χ1v) is 9.09. The Bertz CT molecular complexity index is 1260. The third-order valence-corrected chi connectivity index (χ3v) is 5.39. The zero-order valence-corrected chi connectivity index (χ0v) is 15.2. The molecule has 0 unspecified atom stereocenters. The second-order valence-corrected chi connectivity index (χ2v) is 7.25. The minimum Gasteiger partial charge on any atom is -0.390 e. The van der Waals surface area contributed by atoms with Crippen LogP contribution >= 0.6 is 11.3 Å². The summed E-state index contributed by atoms with van der Waals surface area (Å²) in [5.41, 5.74) is 7.71. The molecule has 0 radical (unpaired) electrons. The van der Waals surface area contributed by atoms with Crippen molar-refractivity contribution < 1.29 is 9.18 Å². The number of nitrogens with zero attached hydrogens (tertiary/aromatic N) is 1. The van der Waals surface area contributed by atoms with E-state index in [-0.39, 0.29) is 17.0 Å². The van der Waals surface area contributed by atoms with E-state index < -0.39 is 5.82 Å². The molecule has 2 aromatic carbocycles. The van der Waals surface area contributed by atoms with Crippen molar-refractivity contribution in [3.63, 3.8) is 0 Å². The summed E-state index contributed by atoms with van der Waals surface area (Å²) in [6.07, 6.45) is 0. The highest BCUT2D eigenvalue weighted by molar-refractivity contribution is 7.22. The summed E-state index contributed by atoms with van der Waals surface area (Å²) in [5, 5.41) is 0.832. The van der Waals surface area contributed by atoms with Crippen LogP contribution < -0.4 is 11.3 Å². The van der Waals surface area contributed by atoms with Crippen LogP contribution in [0.4, 0.5) is 9.39 Å². The lowest BCUT2D eigenvalue weighted by Gasteiger charge is -2.08. The summed E-state index contributed by atoms with van der Waals surface area (Å²) in [5.74, 6) is -0.744. The molecule has 2 heterocycles. The summed E-state index contributed by atoms with van der Waals surface area (Å²) >= 11 is 1.10. The number of nitrogen functional groups attached to an aromatic ring is 1. The molecule has 134 valence electrons. The predicted octanol–water partition coefficient (Wildman–Crippen LogP) is 4.31. The lowest BCUT2D eigenvalue weighted by Crippen LogP contribution is -2.17. The number of para-hydroxylation sites is 1. The van der Waals surface area contributed by atoms with Crippen molar-refractivity contribution >= 4 is 32.3 Å². The number of rotatable bonds is 3. The van der Waals surface area contributed by atoms with Crippen LogP contribution in [0.5, 0.6) is 0 Å². The molecule has 0 aliphatic carbocycles. The molecule has 4 rings (SSSR count). The van der Waals surface area contributed by atoms with E-state index in [1.54, 1.807) is 30.3 Å². The minimum atomic E-state index is -0.523. The van der Waals surface area contributed by atoms with E-state index in [1.807, 2.05) is 19.1 Å². The predicted molar refractivity (Wildman–Crippen MR) is 106 cm³/mol. The third kappa shape index (κ3) is 2.84. The van der Waals surface area contributed by atoms with E-state index in [9.17, 15) is 14.0 Å². The van der Waals surface area contributed by atoms with Crippen LogP contribution in [0.25, 0.3) is 15.9 Å². The van der Waals surface area contributed by atoms with Crippen molar-refractivity contribution in [1.29, 1.82) is 0 Å². The number of nitrogens with two attached hydrogens (primary N) is 1. The van der Waals surface area contributed by atoms with E-state index in [0.717, 1.165) is 16.9 Å². The molecule has 0 aliphatic rings. The van der Waals surface area contributed by atoms with Gasteiger partial charge < -0.3 is 5.73 Å². The fourth-order valence-corrected chi connectivity index (χ4v) is 4.20. The zero-order valence-electron chi connectivity index (χ0n) is 14.4. The standard InChI is InChI=1S/C21H15FN2O2S/c1-12-5-4-6-13(11-12)19(26)18-14-9-10-17(25)24(21(14)27-20(18)23)16-8-3-2-7-15(16)22/h2-11H,23H2,1H3. The first-order chi connectivity index (χ1) is 13.0. The van der Waals surface area contributed by atoms with E-state index in [0.29, 0.717) is 26.3 Å². The van der Waals surface area contributed by atoms with E-state index in [4.69, 9.17) is 5.73 Å². The van der Waals surface area contributed by atoms with Crippen LogP contribution in [0.2, 0.25) is 0 Å². The molecule has 0 amide bonds. The number of fused-ring (bicyclic) bond motifs is 1. The highest BCUT2D eigenvalue weighted by Gasteiger charge is 2.22. The molecule has 4 nitrogen and oxygen atoms in total. The summed E-state index contributed by atoms with van der Waals surface area (Å²) in [4.78, 5) is 26.0. The lowest BCUT2D eigenvalue weighted by molar-refractivity contribution is 0.104. The number of aromatic nitrogens is 1. The quantitative estimate of drug-likeness (QED) is 0.540. The maximum Gasteiger partial charge on any atom is 0.256 e. The number of carbonyl (C=O) groups is 1. The largest absolute Gasteiger partial charge is 0.390 e. The topological polar surface area (TPSA) is 65.1 Å². The highest BCUT2D eigenvalue weighted by Crippen LogP contribution is 2.35. The van der Waals surface area contributed by atoms with Gasteiger partial charge in [-0.25, -0.2) is 4.39 Å². The van der Waals surface area contributed by atoms with Gasteiger partial charge in [-0.3, -0.25) is 14.2 Å². The van der Waals surface area contributed by atoms with Crippen molar-refractivity contribution in [3.8, 4) is 5.69 Å². The Kier molecular flexibility index (Phi) is 4.12. The van der Waals surface area contributed by atoms with Crippen molar-refractivity contribution in [2.24, 2.45) is 0 Å². The SMILES string of the molecule is Cc1cccc(C(=O)c2c(N)sc3c2ccc(=O)n3-c2ccccc2F)c1. The molecule has 2 N–H and O–H groups in total. The van der Waals surface area contributed by atoms with Gasteiger partial charge in [-0.05, 0) is 31.2 Å². The van der Waals surface area contributed by atoms with Crippen molar-refractivity contribution in [2.75, 3.05) is 5.73 Å². The van der Waals surface area contributed by atoms with Gasteiger partial charge in [0.1, 0.15) is 10.6 Å². The number of aryl methyl sites for hydroxylation is 1. The first-order valence-electron chi connectivity index (χ1n) is 8.27. The van der Waals surface area contributed by atoms with Crippen molar-refractivity contribution in [3.05, 3.63) is 93.5 Å². The molecule has 0 saturated heterocycles. The maximum absolute atomic E-state index is 14.3. The molecular weight excluding hydrogens is 363 g/mol. The second kappa shape index (κ2) is 6.48. The number of halogens is 1. The van der Waals surface area contributed by atoms with Crippen LogP contribution in [-0.4, -0.2) is 10.4 Å². The molecule has 0 bridgehead atoms. The Balaban J connectivity index is 1.99. The number of hydrogen-bond donors (Lipinski definition) is 1. The zero-order chi connectivity index (χ0) is 19.1. The van der Waals surface area contributed by atoms with Crippen LogP contribution in [0.3, 0.4) is 0 Å². The number of benzene rings is 2. The normalized spacial score (nSPS) is 11.0. The number of carbonyl (C=O) groups excluding carboxylic acids is 1. The van der Waals surface area contributed by atoms with Crippen LogP contribution in [0.15, 0.2) is 65.5 Å². The van der Waals surface area contributed by atoms with Gasteiger partial charge in [0.05, 0.1) is 16.3 Å². The summed E-state index contributed by atoms with van der Waals surface area (Å²) in [6, 6.07) is 16.1. The third-order valence-electron chi connectivity index (χ3n) is 4.37. The smallest absolute Gasteiger partial charge is 0.256 e. The number of thiophene rings is 1. The van der Waals surface area contributed by atoms with Gasteiger partial charge in [0.15, 0.2) is 5.78 Å². The molecule has 0 saturated carbocycles. The summed E-state index contributed by atoms with van der Waals surface area (Å²) < 4.78 is 15.6. The second-order valence-electron chi connectivity index (χ2n) is 6.22. The summed E-state index contributed by atoms with van der Waals surface area (Å²) in [7, 11) is 0. The molecule has 0 fully saturated rings. The first kappa shape index (κ1) is 17.2. The van der Waals surface area contributed by atoms with E-state index in [1.165, 1.54) is 22.8 Å². The van der Waals surface area contributed by atoms with Gasteiger partial charge in [-0.15, -0.1) is 0 Å². The average Bonchev–Trinajstić information content (AvgIpc) is 2.98. The van der Waals surface area contributed by atoms with Gasteiger partial charge in [0.25, 0.3) is 5.56 Å². The van der Waals surface area contributed by atoms with Gasteiger partial charge in [-0.2, -0.15) is 0 Å². The van der Waals surface area contributed by atoms with Crippen LogP contribution in [-0.2, 0) is 0 Å². The van der Waals surface area contributed by atoms with Gasteiger partial charge in [-0.1, -0.05) is 47.2 Å². The molecule has 0 aliphatic heterocycles. The van der Waals surface area contributed by atoms with Gasteiger partial charge in [0.2, 0.25) is 0 Å². The van der Waals surface area contributed by atoms with Crippen LogP contribution in [0.1, 0.15) is 21.5 Å². The monoisotopic (exact) mass is 378 g/mol. The number of anilines is 1. The van der Waals surface area contributed by atoms with Crippen molar-refractivity contribution in [1.82, 2.24) is 4.57 Å². The Morgan fingerprint density at radius 3 is 2.59 bits per heavy atom. The number of pyridine rings is 1. The molecule has 27 heavy (non-hydrogen) atoms. The van der Waals surface area contributed by atoms with E-state index in [2.05, 4.69) is 0 Å². The van der Waals surface area contributed by atoms with Gasteiger partial charge >= 0.3 is 0 Å². The fourth-order valence-electron chi connectivity index (χ4n) is 3.13. The summed E-state index contributed by atoms with van der Waals surface area (Å²) in [6.45, 7) is 1.90. The lowest BCUT2D eigenvalue weighted by atomic mass is 10.0. The highest BCUT2D eigenvalue weighted by atomic mass is 32.1. The Morgan fingerprint density at radius 2 is 1.85 bits per heavy atom. The van der Waals surface area contributed by atoms with Gasteiger partial charge in [0, 0.05) is 17.0 Å².